The van der Waals surface area contributed by atoms with Gasteiger partial charge >= 0.3 is 5.97 Å². The second-order valence-corrected chi connectivity index (χ2v) is 5.32. The lowest BCUT2D eigenvalue weighted by Gasteiger charge is -2.09. The van der Waals surface area contributed by atoms with Gasteiger partial charge in [-0.3, -0.25) is 14.9 Å². The van der Waals surface area contributed by atoms with Gasteiger partial charge in [0.25, 0.3) is 5.69 Å². The smallest absolute Gasteiger partial charge is 0.345 e. The first-order valence-corrected chi connectivity index (χ1v) is 7.52. The SMILES string of the molecule is COc1ccc(F)cc1C(=O)COC(=O)c1cc2c(cc1[N+](=O)[O-])OCO2. The Balaban J connectivity index is 1.80. The molecule has 10 heteroatoms. The van der Waals surface area contributed by atoms with Crippen molar-refractivity contribution in [3.05, 3.63) is 57.4 Å². The van der Waals surface area contributed by atoms with Crippen molar-refractivity contribution < 1.29 is 37.9 Å². The minimum absolute atomic E-state index is 0.103. The highest BCUT2D eigenvalue weighted by Crippen LogP contribution is 2.38. The van der Waals surface area contributed by atoms with Gasteiger partial charge in [0.15, 0.2) is 18.1 Å². The van der Waals surface area contributed by atoms with Gasteiger partial charge < -0.3 is 18.9 Å². The van der Waals surface area contributed by atoms with Crippen LogP contribution in [0.25, 0.3) is 0 Å². The molecule has 0 saturated carbocycles. The van der Waals surface area contributed by atoms with Crippen molar-refractivity contribution in [2.24, 2.45) is 0 Å². The number of carbonyl (C=O) groups excluding carboxylic acids is 2. The Morgan fingerprint density at radius 3 is 2.56 bits per heavy atom. The van der Waals surface area contributed by atoms with Gasteiger partial charge in [-0.2, -0.15) is 0 Å². The molecule has 2 aromatic carbocycles. The fourth-order valence-electron chi connectivity index (χ4n) is 2.43. The van der Waals surface area contributed by atoms with Gasteiger partial charge in [-0.1, -0.05) is 0 Å². The van der Waals surface area contributed by atoms with Crippen molar-refractivity contribution in [2.75, 3.05) is 20.5 Å². The van der Waals surface area contributed by atoms with Crippen molar-refractivity contribution >= 4 is 17.4 Å². The van der Waals surface area contributed by atoms with E-state index in [1.807, 2.05) is 0 Å². The Hall–Kier alpha value is -3.69. The third-order valence-corrected chi connectivity index (χ3v) is 3.70. The number of nitro groups is 1. The molecular formula is C17H12FNO8. The second kappa shape index (κ2) is 7.28. The normalized spacial score (nSPS) is 11.8. The number of esters is 1. The van der Waals surface area contributed by atoms with Gasteiger partial charge in [-0.25, -0.2) is 9.18 Å². The summed E-state index contributed by atoms with van der Waals surface area (Å²) >= 11 is 0. The van der Waals surface area contributed by atoms with Crippen LogP contribution in [0.1, 0.15) is 20.7 Å². The highest BCUT2D eigenvalue weighted by molar-refractivity contribution is 6.02. The molecule has 0 unspecified atom stereocenters. The fraction of sp³-hybridized carbons (Fsp3) is 0.176. The first kappa shape index (κ1) is 18.1. The van der Waals surface area contributed by atoms with E-state index in [1.165, 1.54) is 13.2 Å². The van der Waals surface area contributed by atoms with Crippen molar-refractivity contribution in [2.45, 2.75) is 0 Å². The van der Waals surface area contributed by atoms with Crippen LogP contribution in [0.4, 0.5) is 10.1 Å². The Labute approximate surface area is 151 Å². The number of methoxy groups -OCH3 is 1. The summed E-state index contributed by atoms with van der Waals surface area (Å²) in [6.07, 6.45) is 0. The predicted molar refractivity (Wildman–Crippen MR) is 86.8 cm³/mol. The number of fused-ring (bicyclic) bond motifs is 1. The summed E-state index contributed by atoms with van der Waals surface area (Å²) in [6.45, 7) is -0.896. The average Bonchev–Trinajstić information content (AvgIpc) is 3.12. The maximum atomic E-state index is 13.4. The van der Waals surface area contributed by atoms with Crippen molar-refractivity contribution in [3.63, 3.8) is 0 Å². The van der Waals surface area contributed by atoms with Gasteiger partial charge in [-0.15, -0.1) is 0 Å². The Morgan fingerprint density at radius 2 is 1.89 bits per heavy atom. The van der Waals surface area contributed by atoms with Crippen LogP contribution >= 0.6 is 0 Å². The van der Waals surface area contributed by atoms with E-state index < -0.39 is 40.4 Å². The van der Waals surface area contributed by atoms with Gasteiger partial charge in [0.05, 0.1) is 23.7 Å². The lowest BCUT2D eigenvalue weighted by Crippen LogP contribution is -2.16. The minimum atomic E-state index is -1.11. The molecule has 1 aliphatic heterocycles. The quantitative estimate of drug-likeness (QED) is 0.326. The number of benzene rings is 2. The number of nitro benzene ring substituents is 1. The van der Waals surface area contributed by atoms with Crippen LogP contribution < -0.4 is 14.2 Å². The summed E-state index contributed by atoms with van der Waals surface area (Å²) in [5.74, 6) is -2.14. The number of hydrogen-bond donors (Lipinski definition) is 0. The van der Waals surface area contributed by atoms with Gasteiger partial charge in [0.1, 0.15) is 17.1 Å². The average molecular weight is 377 g/mol. The van der Waals surface area contributed by atoms with Gasteiger partial charge in [-0.05, 0) is 18.2 Å². The van der Waals surface area contributed by atoms with Crippen LogP contribution in [-0.2, 0) is 4.74 Å². The van der Waals surface area contributed by atoms with Crippen LogP contribution in [0.3, 0.4) is 0 Å². The number of halogens is 1. The molecule has 0 fully saturated rings. The van der Waals surface area contributed by atoms with Crippen LogP contribution in [0.2, 0.25) is 0 Å². The Morgan fingerprint density at radius 1 is 1.19 bits per heavy atom. The highest BCUT2D eigenvalue weighted by Gasteiger charge is 2.28. The summed E-state index contributed by atoms with van der Waals surface area (Å²) in [6, 6.07) is 5.45. The fourth-order valence-corrected chi connectivity index (χ4v) is 2.43. The summed E-state index contributed by atoms with van der Waals surface area (Å²) < 4.78 is 33.3. The molecule has 140 valence electrons. The summed E-state index contributed by atoms with van der Waals surface area (Å²) in [5.41, 5.74) is -1.08. The van der Waals surface area contributed by atoms with E-state index >= 15 is 0 Å². The first-order valence-electron chi connectivity index (χ1n) is 7.52. The van der Waals surface area contributed by atoms with Crippen molar-refractivity contribution in [1.29, 1.82) is 0 Å². The zero-order chi connectivity index (χ0) is 19.6. The van der Waals surface area contributed by atoms with Gasteiger partial charge in [0.2, 0.25) is 12.6 Å². The number of ether oxygens (including phenoxy) is 4. The molecule has 0 N–H and O–H groups in total. The zero-order valence-electron chi connectivity index (χ0n) is 13.9. The highest BCUT2D eigenvalue weighted by atomic mass is 19.1. The van der Waals surface area contributed by atoms with E-state index in [0.717, 1.165) is 24.3 Å². The number of hydrogen-bond acceptors (Lipinski definition) is 8. The maximum absolute atomic E-state index is 13.4. The standard InChI is InChI=1S/C17H12FNO8/c1-24-14-3-2-9(18)4-11(14)13(20)7-25-17(21)10-5-15-16(27-8-26-15)6-12(10)19(22)23/h2-6H,7-8H2,1H3. The lowest BCUT2D eigenvalue weighted by molar-refractivity contribution is -0.385. The molecule has 0 amide bonds. The van der Waals surface area contributed by atoms with Crippen LogP contribution in [0, 0.1) is 15.9 Å². The molecular weight excluding hydrogens is 365 g/mol. The Bertz CT molecular complexity index is 943. The van der Waals surface area contributed by atoms with Crippen LogP contribution in [-0.4, -0.2) is 37.2 Å². The van der Waals surface area contributed by atoms with E-state index in [-0.39, 0.29) is 29.6 Å². The summed E-state index contributed by atoms with van der Waals surface area (Å²) in [5, 5.41) is 11.2. The largest absolute Gasteiger partial charge is 0.496 e. The number of nitrogens with zero attached hydrogens (tertiary/aromatic N) is 1. The molecule has 0 saturated heterocycles. The van der Waals surface area contributed by atoms with E-state index in [1.54, 1.807) is 0 Å². The third kappa shape index (κ3) is 3.64. The minimum Gasteiger partial charge on any atom is -0.496 e. The number of carbonyl (C=O) groups is 2. The van der Waals surface area contributed by atoms with E-state index in [0.29, 0.717) is 0 Å². The van der Waals surface area contributed by atoms with E-state index in [2.05, 4.69) is 0 Å². The molecule has 0 aliphatic carbocycles. The second-order valence-electron chi connectivity index (χ2n) is 5.32. The topological polar surface area (TPSA) is 114 Å². The summed E-state index contributed by atoms with van der Waals surface area (Å²) in [7, 11) is 1.30. The maximum Gasteiger partial charge on any atom is 0.345 e. The lowest BCUT2D eigenvalue weighted by atomic mass is 10.1. The van der Waals surface area contributed by atoms with E-state index in [4.69, 9.17) is 18.9 Å². The molecule has 0 spiro atoms. The molecule has 9 nitrogen and oxygen atoms in total. The first-order chi connectivity index (χ1) is 12.9. The molecule has 1 aliphatic rings. The number of rotatable bonds is 6. The van der Waals surface area contributed by atoms with Crippen molar-refractivity contribution in [1.82, 2.24) is 0 Å². The molecule has 0 radical (unpaired) electrons. The van der Waals surface area contributed by atoms with Crippen LogP contribution in [0.5, 0.6) is 17.2 Å². The third-order valence-electron chi connectivity index (χ3n) is 3.70. The molecule has 0 bridgehead atoms. The molecule has 0 aromatic heterocycles. The summed E-state index contributed by atoms with van der Waals surface area (Å²) in [4.78, 5) is 34.9. The predicted octanol–water partition coefficient (Wildman–Crippen LogP) is 2.51. The molecule has 3 rings (SSSR count). The van der Waals surface area contributed by atoms with Crippen LogP contribution in [0.15, 0.2) is 30.3 Å². The molecule has 0 atom stereocenters. The molecule has 2 aromatic rings. The zero-order valence-corrected chi connectivity index (χ0v) is 13.9. The number of ketones is 1. The molecule has 27 heavy (non-hydrogen) atoms. The Kier molecular flexibility index (Phi) is 4.88. The van der Waals surface area contributed by atoms with E-state index in [9.17, 15) is 24.1 Å². The van der Waals surface area contributed by atoms with Gasteiger partial charge in [0, 0.05) is 6.07 Å². The number of Topliss-reactive ketones (excluding diaryl/α,β-unsaturated/α-hetero) is 1. The monoisotopic (exact) mass is 377 g/mol. The van der Waals surface area contributed by atoms with Crippen molar-refractivity contribution in [3.8, 4) is 17.2 Å². The molecule has 1 heterocycles.